The summed E-state index contributed by atoms with van der Waals surface area (Å²) in [5.41, 5.74) is 0. The highest BCUT2D eigenvalue weighted by atomic mass is 16.6. The minimum Gasteiger partial charge on any atom is -0.447 e. The molecule has 8 fully saturated rings. The Labute approximate surface area is 335 Å². The van der Waals surface area contributed by atoms with E-state index in [0.717, 1.165) is 129 Å². The van der Waals surface area contributed by atoms with Gasteiger partial charge in [0.2, 0.25) is 0 Å². The standard InChI is InChI=1S/2C21H36N4O3/c2*1-15(2)28-21(27)24-13-7-16(8-14-24)23-11-9-17(10-12-23)25-19-6-4-3-5-18(19)22-20(25)26/h2*15-19H,3-14H2,1-2H3,(H,22,26)/t2*18-,19+/m10/s1. The number of urea groups is 2. The number of amides is 6. The number of piperidine rings is 4. The van der Waals surface area contributed by atoms with Gasteiger partial charge in [-0.3, -0.25) is 0 Å². The molecule has 6 heterocycles. The third-order valence-electron chi connectivity index (χ3n) is 14.2. The third-order valence-corrected chi connectivity index (χ3v) is 14.2. The average Bonchev–Trinajstić information content (AvgIpc) is 3.72. The van der Waals surface area contributed by atoms with Gasteiger partial charge < -0.3 is 49.5 Å². The Hall–Kier alpha value is -3.00. The average molecular weight is 785 g/mol. The van der Waals surface area contributed by atoms with Crippen LogP contribution in [-0.2, 0) is 9.47 Å². The molecule has 316 valence electrons. The second-order valence-electron chi connectivity index (χ2n) is 18.5. The van der Waals surface area contributed by atoms with Gasteiger partial charge in [0.15, 0.2) is 0 Å². The number of nitrogens with zero attached hydrogens (tertiary/aromatic N) is 6. The fraction of sp³-hybridized carbons (Fsp3) is 0.905. The third kappa shape index (κ3) is 9.64. The maximum absolute atomic E-state index is 12.6. The Balaban J connectivity index is 0.000000172. The van der Waals surface area contributed by atoms with Gasteiger partial charge in [-0.15, -0.1) is 0 Å². The molecule has 0 bridgehead atoms. The van der Waals surface area contributed by atoms with Crippen LogP contribution in [0.3, 0.4) is 0 Å². The number of hydrogen-bond acceptors (Lipinski definition) is 8. The van der Waals surface area contributed by atoms with E-state index in [-0.39, 0.29) is 36.5 Å². The molecule has 6 aliphatic heterocycles. The number of carbonyl (C=O) groups is 4. The van der Waals surface area contributed by atoms with Crippen molar-refractivity contribution >= 4 is 24.2 Å². The molecule has 0 aromatic carbocycles. The number of rotatable bonds is 6. The molecule has 14 nitrogen and oxygen atoms in total. The summed E-state index contributed by atoms with van der Waals surface area (Å²) >= 11 is 0. The molecule has 8 aliphatic rings. The van der Waals surface area contributed by atoms with E-state index in [4.69, 9.17) is 9.47 Å². The fourth-order valence-electron chi connectivity index (χ4n) is 11.3. The molecule has 14 heteroatoms. The van der Waals surface area contributed by atoms with Crippen LogP contribution in [0.25, 0.3) is 0 Å². The Morgan fingerprint density at radius 2 is 0.804 bits per heavy atom. The summed E-state index contributed by atoms with van der Waals surface area (Å²) in [7, 11) is 0. The van der Waals surface area contributed by atoms with E-state index in [1.165, 1.54) is 25.7 Å². The molecule has 2 aliphatic carbocycles. The molecule has 0 unspecified atom stereocenters. The number of likely N-dealkylation sites (tertiary alicyclic amines) is 4. The molecule has 2 saturated carbocycles. The Kier molecular flexibility index (Phi) is 13.8. The molecule has 4 atom stereocenters. The fourth-order valence-corrected chi connectivity index (χ4v) is 11.3. The van der Waals surface area contributed by atoms with E-state index < -0.39 is 0 Å². The predicted octanol–water partition coefficient (Wildman–Crippen LogP) is 5.59. The number of carbonyl (C=O) groups excluding carboxylic acids is 4. The predicted molar refractivity (Wildman–Crippen MR) is 214 cm³/mol. The molecule has 0 aromatic heterocycles. The topological polar surface area (TPSA) is 130 Å². The van der Waals surface area contributed by atoms with Crippen LogP contribution in [-0.4, -0.2) is 167 Å². The summed E-state index contributed by atoms with van der Waals surface area (Å²) in [4.78, 5) is 62.5. The lowest BCUT2D eigenvalue weighted by Crippen LogP contribution is -2.53. The van der Waals surface area contributed by atoms with Crippen LogP contribution in [0.2, 0.25) is 0 Å². The second kappa shape index (κ2) is 18.7. The second-order valence-corrected chi connectivity index (χ2v) is 18.5. The first-order chi connectivity index (χ1) is 27.0. The van der Waals surface area contributed by atoms with Gasteiger partial charge in [0.25, 0.3) is 0 Å². The van der Waals surface area contributed by atoms with Gasteiger partial charge in [0, 0.05) is 76.5 Å². The zero-order valence-electron chi connectivity index (χ0n) is 34.9. The van der Waals surface area contributed by atoms with Gasteiger partial charge >= 0.3 is 24.2 Å². The van der Waals surface area contributed by atoms with Gasteiger partial charge in [-0.2, -0.15) is 0 Å². The molecule has 0 radical (unpaired) electrons. The summed E-state index contributed by atoms with van der Waals surface area (Å²) in [6.45, 7) is 15.0. The van der Waals surface area contributed by atoms with E-state index in [1.807, 2.05) is 37.5 Å². The van der Waals surface area contributed by atoms with E-state index in [9.17, 15) is 19.2 Å². The van der Waals surface area contributed by atoms with E-state index >= 15 is 0 Å². The zero-order valence-corrected chi connectivity index (χ0v) is 34.9. The minimum absolute atomic E-state index is 0.0594. The first kappa shape index (κ1) is 41.2. The highest BCUT2D eigenvalue weighted by Crippen LogP contribution is 2.35. The SMILES string of the molecule is CC(C)OC(=O)N1CCC(N2CCC(N3C(=O)N[C@@H]4CCCC[C@@H]43)CC2)CC1.CC(C)OC(=O)N1CCC(N2CCC(N3C(=O)N[C@H]4CCCC[C@H]43)CC2)CC1. The Bertz CT molecular complexity index is 1240. The summed E-state index contributed by atoms with van der Waals surface area (Å²) < 4.78 is 10.6. The van der Waals surface area contributed by atoms with Gasteiger partial charge in [-0.05, 0) is 105 Å². The quantitative estimate of drug-likeness (QED) is 0.357. The lowest BCUT2D eigenvalue weighted by molar-refractivity contribution is 0.0392. The number of ether oxygens (including phenoxy) is 2. The first-order valence-electron chi connectivity index (χ1n) is 22.6. The van der Waals surface area contributed by atoms with Crippen molar-refractivity contribution in [3.63, 3.8) is 0 Å². The minimum atomic E-state index is -0.172. The number of hydrogen-bond donors (Lipinski definition) is 2. The smallest absolute Gasteiger partial charge is 0.410 e. The van der Waals surface area contributed by atoms with E-state index in [2.05, 4.69) is 30.2 Å². The van der Waals surface area contributed by atoms with Gasteiger partial charge in [0.1, 0.15) is 0 Å². The molecule has 0 spiro atoms. The van der Waals surface area contributed by atoms with Crippen molar-refractivity contribution < 1.29 is 28.7 Å². The molecule has 0 aromatic rings. The van der Waals surface area contributed by atoms with E-state index in [0.29, 0.717) is 48.3 Å². The monoisotopic (exact) mass is 785 g/mol. The van der Waals surface area contributed by atoms with Crippen LogP contribution in [0.5, 0.6) is 0 Å². The van der Waals surface area contributed by atoms with Gasteiger partial charge in [-0.1, -0.05) is 25.7 Å². The molecule has 2 N–H and O–H groups in total. The Morgan fingerprint density at radius 1 is 0.482 bits per heavy atom. The van der Waals surface area contributed by atoms with Crippen molar-refractivity contribution in [1.82, 2.24) is 40.0 Å². The molecule has 56 heavy (non-hydrogen) atoms. The zero-order chi connectivity index (χ0) is 39.3. The summed E-state index contributed by atoms with van der Waals surface area (Å²) in [6, 6.07) is 3.86. The van der Waals surface area contributed by atoms with Crippen LogP contribution in [0.15, 0.2) is 0 Å². The summed E-state index contributed by atoms with van der Waals surface area (Å²) in [5, 5.41) is 6.46. The van der Waals surface area contributed by atoms with Crippen molar-refractivity contribution in [2.45, 2.75) is 191 Å². The van der Waals surface area contributed by atoms with Crippen molar-refractivity contribution in [3.8, 4) is 0 Å². The van der Waals surface area contributed by atoms with Gasteiger partial charge in [-0.25, -0.2) is 19.2 Å². The van der Waals surface area contributed by atoms with Gasteiger partial charge in [0.05, 0.1) is 36.4 Å². The summed E-state index contributed by atoms with van der Waals surface area (Å²) in [6.07, 6.45) is 17.5. The molecular formula is C42H72N8O6. The maximum atomic E-state index is 12.6. The normalized spacial score (nSPS) is 30.5. The summed E-state index contributed by atoms with van der Waals surface area (Å²) in [5.74, 6) is 0. The lowest BCUT2D eigenvalue weighted by atomic mass is 9.89. The van der Waals surface area contributed by atoms with Crippen LogP contribution in [0, 0.1) is 0 Å². The van der Waals surface area contributed by atoms with Crippen LogP contribution in [0.1, 0.15) is 130 Å². The molecule has 6 amide bonds. The Morgan fingerprint density at radius 3 is 1.14 bits per heavy atom. The number of fused-ring (bicyclic) bond motifs is 2. The lowest BCUT2D eigenvalue weighted by Gasteiger charge is -2.44. The highest BCUT2D eigenvalue weighted by Gasteiger charge is 2.46. The maximum Gasteiger partial charge on any atom is 0.410 e. The van der Waals surface area contributed by atoms with E-state index in [1.54, 1.807) is 0 Å². The number of nitrogens with one attached hydrogen (secondary N) is 2. The van der Waals surface area contributed by atoms with Crippen LogP contribution < -0.4 is 10.6 Å². The van der Waals surface area contributed by atoms with Crippen LogP contribution in [0.4, 0.5) is 19.2 Å². The van der Waals surface area contributed by atoms with Crippen molar-refractivity contribution in [2.24, 2.45) is 0 Å². The molecule has 6 saturated heterocycles. The highest BCUT2D eigenvalue weighted by molar-refractivity contribution is 5.78. The van der Waals surface area contributed by atoms with Crippen LogP contribution >= 0.6 is 0 Å². The molecular weight excluding hydrogens is 713 g/mol. The van der Waals surface area contributed by atoms with Crippen molar-refractivity contribution in [2.75, 3.05) is 52.4 Å². The van der Waals surface area contributed by atoms with Crippen molar-refractivity contribution in [3.05, 3.63) is 0 Å². The van der Waals surface area contributed by atoms with Crippen molar-refractivity contribution in [1.29, 1.82) is 0 Å². The molecule has 8 rings (SSSR count). The first-order valence-corrected chi connectivity index (χ1v) is 22.6. The largest absolute Gasteiger partial charge is 0.447 e.